The van der Waals surface area contributed by atoms with Gasteiger partial charge in [0, 0.05) is 11.1 Å². The van der Waals surface area contributed by atoms with E-state index in [1.165, 1.54) is 27.9 Å². The van der Waals surface area contributed by atoms with Crippen molar-refractivity contribution in [2.45, 2.75) is 114 Å². The molecule has 1 heteroatoms. The first-order valence-corrected chi connectivity index (χ1v) is 13.3. The molecule has 1 aliphatic carbocycles. The molecule has 0 aliphatic heterocycles. The molecule has 0 aromatic heterocycles. The largest absolute Gasteiger partial charge is 0.289 e. The zero-order valence-electron chi connectivity index (χ0n) is 24.2. The molecule has 0 amide bonds. The second-order valence-electron chi connectivity index (χ2n) is 10.8. The van der Waals surface area contributed by atoms with E-state index in [1.54, 1.807) is 0 Å². The standard InChI is InChI=1S/C34H50O/c1-24(2)14-11-16-26(5)18-13-19-28(7)21-23-33-32(30(9)29(8)31(10)34(33)35)22-20-27(6)17-12-15-25(3)4/h14-15,18,20-21H,9,11-13,16-17,19,22-23H2,1-8,10H3/b26-18+,27-20-,28-21+. The highest BCUT2D eigenvalue weighted by atomic mass is 16.1. The van der Waals surface area contributed by atoms with Gasteiger partial charge in [0.05, 0.1) is 0 Å². The molecule has 0 bridgehead atoms. The summed E-state index contributed by atoms with van der Waals surface area (Å²) in [5.41, 5.74) is 11.9. The van der Waals surface area contributed by atoms with Gasteiger partial charge >= 0.3 is 0 Å². The molecule has 0 aromatic rings. The Morgan fingerprint density at radius 1 is 0.600 bits per heavy atom. The van der Waals surface area contributed by atoms with Crippen LogP contribution in [0, 0.1) is 0 Å². The van der Waals surface area contributed by atoms with Crippen LogP contribution in [0.5, 0.6) is 0 Å². The first-order chi connectivity index (χ1) is 16.4. The van der Waals surface area contributed by atoms with Gasteiger partial charge in [-0.05, 0) is 130 Å². The van der Waals surface area contributed by atoms with E-state index in [0.29, 0.717) is 6.42 Å². The molecule has 0 atom stereocenters. The number of ketones is 1. The van der Waals surface area contributed by atoms with Crippen LogP contribution in [0.3, 0.4) is 0 Å². The Kier molecular flexibility index (Phi) is 13.6. The number of hydrogen-bond acceptors (Lipinski definition) is 1. The molecule has 0 N–H and O–H groups in total. The SMILES string of the molecule is C=C1C(C)=C(C)C(=O)C(C/C=C(\C)CC/C=C(\C)CCC=C(C)C)=C1C/C=C(/C)CCC=C(C)C. The summed E-state index contributed by atoms with van der Waals surface area (Å²) < 4.78 is 0. The van der Waals surface area contributed by atoms with E-state index in [4.69, 9.17) is 0 Å². The summed E-state index contributed by atoms with van der Waals surface area (Å²) in [4.78, 5) is 13.2. The van der Waals surface area contributed by atoms with Gasteiger partial charge in [-0.3, -0.25) is 4.79 Å². The molecule has 35 heavy (non-hydrogen) atoms. The minimum absolute atomic E-state index is 0.194. The van der Waals surface area contributed by atoms with Gasteiger partial charge < -0.3 is 0 Å². The smallest absolute Gasteiger partial charge is 0.185 e. The van der Waals surface area contributed by atoms with Crippen LogP contribution in [0.4, 0.5) is 0 Å². The van der Waals surface area contributed by atoms with E-state index in [1.807, 2.05) is 13.8 Å². The molecule has 1 nitrogen and oxygen atoms in total. The third kappa shape index (κ3) is 11.2. The lowest BCUT2D eigenvalue weighted by molar-refractivity contribution is -0.112. The van der Waals surface area contributed by atoms with E-state index in [9.17, 15) is 4.79 Å². The van der Waals surface area contributed by atoms with Gasteiger partial charge in [-0.1, -0.05) is 64.8 Å². The Balaban J connectivity index is 2.92. The van der Waals surface area contributed by atoms with Crippen molar-refractivity contribution < 1.29 is 4.79 Å². The molecule has 1 rings (SSSR count). The van der Waals surface area contributed by atoms with Gasteiger partial charge in [-0.15, -0.1) is 0 Å². The minimum Gasteiger partial charge on any atom is -0.289 e. The highest BCUT2D eigenvalue weighted by molar-refractivity contribution is 6.11. The molecule has 192 valence electrons. The molecule has 0 spiro atoms. The van der Waals surface area contributed by atoms with E-state index >= 15 is 0 Å². The Morgan fingerprint density at radius 3 is 1.46 bits per heavy atom. The molecule has 0 radical (unpaired) electrons. The number of carbonyl (C=O) groups excluding carboxylic acids is 1. The topological polar surface area (TPSA) is 17.1 Å². The van der Waals surface area contributed by atoms with Gasteiger partial charge in [0.15, 0.2) is 5.78 Å². The van der Waals surface area contributed by atoms with Crippen LogP contribution in [-0.4, -0.2) is 5.78 Å². The van der Waals surface area contributed by atoms with Crippen LogP contribution in [0.1, 0.15) is 114 Å². The summed E-state index contributed by atoms with van der Waals surface area (Å²) >= 11 is 0. The van der Waals surface area contributed by atoms with Crippen molar-refractivity contribution in [2.75, 3.05) is 0 Å². The normalized spacial score (nSPS) is 15.7. The van der Waals surface area contributed by atoms with Crippen LogP contribution < -0.4 is 0 Å². The second kappa shape index (κ2) is 15.6. The highest BCUT2D eigenvalue weighted by Gasteiger charge is 2.25. The Hall–Kier alpha value is -2.41. The van der Waals surface area contributed by atoms with Crippen molar-refractivity contribution in [3.63, 3.8) is 0 Å². The quantitative estimate of drug-likeness (QED) is 0.243. The molecule has 0 saturated carbocycles. The summed E-state index contributed by atoms with van der Waals surface area (Å²) in [6.07, 6.45) is 19.5. The summed E-state index contributed by atoms with van der Waals surface area (Å²) in [7, 11) is 0. The van der Waals surface area contributed by atoms with Crippen LogP contribution >= 0.6 is 0 Å². The summed E-state index contributed by atoms with van der Waals surface area (Å²) in [6, 6.07) is 0. The molecule has 0 fully saturated rings. The fourth-order valence-corrected chi connectivity index (χ4v) is 4.21. The van der Waals surface area contributed by atoms with Crippen molar-refractivity contribution in [2.24, 2.45) is 0 Å². The van der Waals surface area contributed by atoms with E-state index in [2.05, 4.69) is 85.4 Å². The van der Waals surface area contributed by atoms with Gasteiger partial charge in [0.25, 0.3) is 0 Å². The lowest BCUT2D eigenvalue weighted by Crippen LogP contribution is -2.16. The number of rotatable bonds is 13. The number of allylic oxidation sites excluding steroid dienone is 15. The second-order valence-corrected chi connectivity index (χ2v) is 10.8. The maximum Gasteiger partial charge on any atom is 0.185 e. The molecule has 0 saturated heterocycles. The zero-order valence-corrected chi connectivity index (χ0v) is 24.2. The van der Waals surface area contributed by atoms with Gasteiger partial charge in [-0.25, -0.2) is 0 Å². The Morgan fingerprint density at radius 2 is 1.00 bits per heavy atom. The molecule has 1 aliphatic rings. The van der Waals surface area contributed by atoms with Crippen molar-refractivity contribution in [3.05, 3.63) is 92.7 Å². The Labute approximate surface area is 216 Å². The molecule has 0 heterocycles. The monoisotopic (exact) mass is 474 g/mol. The van der Waals surface area contributed by atoms with Crippen LogP contribution in [-0.2, 0) is 4.79 Å². The van der Waals surface area contributed by atoms with Gasteiger partial charge in [0.2, 0.25) is 0 Å². The number of carbonyl (C=O) groups is 1. The van der Waals surface area contributed by atoms with Crippen molar-refractivity contribution in [1.82, 2.24) is 0 Å². The van der Waals surface area contributed by atoms with E-state index in [-0.39, 0.29) is 5.78 Å². The maximum absolute atomic E-state index is 13.2. The van der Waals surface area contributed by atoms with Crippen LogP contribution in [0.15, 0.2) is 92.7 Å². The average molecular weight is 475 g/mol. The molecular weight excluding hydrogens is 424 g/mol. The van der Waals surface area contributed by atoms with Crippen molar-refractivity contribution in [1.29, 1.82) is 0 Å². The lowest BCUT2D eigenvalue weighted by Gasteiger charge is -2.23. The molecule has 0 unspecified atom stereocenters. The minimum atomic E-state index is 0.194. The predicted molar refractivity (Wildman–Crippen MR) is 157 cm³/mol. The summed E-state index contributed by atoms with van der Waals surface area (Å²) in [5, 5.41) is 0. The maximum atomic E-state index is 13.2. The summed E-state index contributed by atoms with van der Waals surface area (Å²) in [5.74, 6) is 0.194. The lowest BCUT2D eigenvalue weighted by atomic mass is 9.80. The zero-order chi connectivity index (χ0) is 26.5. The van der Waals surface area contributed by atoms with Crippen LogP contribution in [0.2, 0.25) is 0 Å². The third-order valence-electron chi connectivity index (χ3n) is 6.88. The number of hydrogen-bond donors (Lipinski definition) is 0. The number of Topliss-reactive ketones (excluding diaryl/α,β-unsaturated/α-hetero) is 1. The third-order valence-corrected chi connectivity index (χ3v) is 6.88. The molecular formula is C34H50O. The van der Waals surface area contributed by atoms with Crippen LogP contribution in [0.25, 0.3) is 0 Å². The molecule has 0 aromatic carbocycles. The van der Waals surface area contributed by atoms with E-state index < -0.39 is 0 Å². The first kappa shape index (κ1) is 30.6. The average Bonchev–Trinajstić information content (AvgIpc) is 2.78. The predicted octanol–water partition coefficient (Wildman–Crippen LogP) is 10.7. The fourth-order valence-electron chi connectivity index (χ4n) is 4.21. The van der Waals surface area contributed by atoms with E-state index in [0.717, 1.165) is 72.8 Å². The van der Waals surface area contributed by atoms with Crippen molar-refractivity contribution in [3.8, 4) is 0 Å². The van der Waals surface area contributed by atoms with Gasteiger partial charge in [0.1, 0.15) is 0 Å². The Bertz CT molecular complexity index is 987. The fraction of sp³-hybridized carbons (Fsp3) is 0.500. The van der Waals surface area contributed by atoms with Gasteiger partial charge in [-0.2, -0.15) is 0 Å². The highest BCUT2D eigenvalue weighted by Crippen LogP contribution is 2.35. The van der Waals surface area contributed by atoms with Crippen molar-refractivity contribution >= 4 is 5.78 Å². The first-order valence-electron chi connectivity index (χ1n) is 13.3. The summed E-state index contributed by atoms with van der Waals surface area (Å²) in [6.45, 7) is 23.6.